The number of hydrogen-bond acceptors (Lipinski definition) is 5. The summed E-state index contributed by atoms with van der Waals surface area (Å²) in [6.45, 7) is 0.485. The average Bonchev–Trinajstić information content (AvgIpc) is 3.47. The maximum Gasteiger partial charge on any atom is 0.137 e. The fourth-order valence-corrected chi connectivity index (χ4v) is 4.27. The van der Waals surface area contributed by atoms with Gasteiger partial charge in [-0.1, -0.05) is 34.1 Å². The van der Waals surface area contributed by atoms with E-state index in [1.807, 2.05) is 42.5 Å². The zero-order valence-corrected chi connectivity index (χ0v) is 20.0. The fourth-order valence-electron chi connectivity index (χ4n) is 4.00. The maximum absolute atomic E-state index is 14.7. The monoisotopic (exact) mass is 538 g/mol. The molecule has 5 aromatic rings. The van der Waals surface area contributed by atoms with Gasteiger partial charge >= 0.3 is 0 Å². The first-order valence-corrected chi connectivity index (χ1v) is 11.6. The van der Waals surface area contributed by atoms with E-state index in [0.29, 0.717) is 12.1 Å². The molecule has 0 aliphatic carbocycles. The van der Waals surface area contributed by atoms with E-state index in [1.165, 1.54) is 23.4 Å². The highest BCUT2D eigenvalue weighted by atomic mass is 79.9. The molecule has 0 bridgehead atoms. The van der Waals surface area contributed by atoms with E-state index < -0.39 is 17.2 Å². The summed E-state index contributed by atoms with van der Waals surface area (Å²) in [5.41, 5.74) is 0.946. The molecule has 10 heteroatoms. The van der Waals surface area contributed by atoms with Crippen LogP contribution in [-0.2, 0) is 25.2 Å². The summed E-state index contributed by atoms with van der Waals surface area (Å²) in [5.74, 6) is -1.56. The molecule has 178 valence electrons. The number of fused-ring (bicyclic) bond motifs is 1. The van der Waals surface area contributed by atoms with E-state index in [1.54, 1.807) is 10.9 Å². The fraction of sp³-hybridized carbons (Fsp3) is 0.160. The number of aromatic nitrogens is 5. The van der Waals surface area contributed by atoms with Gasteiger partial charge in [0.2, 0.25) is 0 Å². The number of rotatable bonds is 8. The number of benzene rings is 3. The summed E-state index contributed by atoms with van der Waals surface area (Å²) >= 11 is 3.44. The normalized spacial score (nSPS) is 13.1. The van der Waals surface area contributed by atoms with Gasteiger partial charge < -0.3 is 10.4 Å². The van der Waals surface area contributed by atoms with Crippen LogP contribution in [0.1, 0.15) is 11.1 Å². The molecule has 1 atom stereocenters. The smallest absolute Gasteiger partial charge is 0.137 e. The lowest BCUT2D eigenvalue weighted by Gasteiger charge is -2.28. The largest absolute Gasteiger partial charge is 0.381 e. The van der Waals surface area contributed by atoms with Gasteiger partial charge in [0.05, 0.1) is 18.6 Å². The van der Waals surface area contributed by atoms with Crippen molar-refractivity contribution < 1.29 is 13.9 Å². The molecule has 5 rings (SSSR count). The van der Waals surface area contributed by atoms with Gasteiger partial charge in [-0.25, -0.2) is 18.4 Å². The van der Waals surface area contributed by atoms with E-state index in [4.69, 9.17) is 0 Å². The van der Waals surface area contributed by atoms with Crippen LogP contribution >= 0.6 is 15.9 Å². The molecular weight excluding hydrogens is 518 g/mol. The van der Waals surface area contributed by atoms with Crippen LogP contribution in [0.2, 0.25) is 0 Å². The van der Waals surface area contributed by atoms with Crippen LogP contribution in [0.25, 0.3) is 10.9 Å². The molecule has 0 radical (unpaired) electrons. The van der Waals surface area contributed by atoms with Crippen LogP contribution in [0.3, 0.4) is 0 Å². The molecule has 0 saturated heterocycles. The summed E-state index contributed by atoms with van der Waals surface area (Å²) in [6.07, 6.45) is 4.53. The topological polar surface area (TPSA) is 80.8 Å². The van der Waals surface area contributed by atoms with Crippen molar-refractivity contribution in [3.63, 3.8) is 0 Å². The van der Waals surface area contributed by atoms with Crippen LogP contribution in [-0.4, -0.2) is 29.7 Å². The summed E-state index contributed by atoms with van der Waals surface area (Å²) in [6, 6.07) is 17.0. The minimum atomic E-state index is -1.75. The Balaban J connectivity index is 1.40. The zero-order chi connectivity index (χ0) is 24.4. The molecular formula is C25H21BrF2N6O. The lowest BCUT2D eigenvalue weighted by molar-refractivity contribution is -0.00828. The predicted octanol–water partition coefficient (Wildman–Crippen LogP) is 4.87. The summed E-state index contributed by atoms with van der Waals surface area (Å²) in [4.78, 5) is 3.89. The molecule has 0 amide bonds. The van der Waals surface area contributed by atoms with Crippen molar-refractivity contribution in [2.45, 2.75) is 25.2 Å². The number of nitrogens with zero attached hydrogens (tertiary/aromatic N) is 5. The highest BCUT2D eigenvalue weighted by Gasteiger charge is 2.34. The highest BCUT2D eigenvalue weighted by molar-refractivity contribution is 9.10. The minimum Gasteiger partial charge on any atom is -0.381 e. The van der Waals surface area contributed by atoms with Crippen molar-refractivity contribution >= 4 is 32.5 Å². The van der Waals surface area contributed by atoms with Crippen molar-refractivity contribution in [1.82, 2.24) is 24.5 Å². The Hall–Kier alpha value is -3.63. The molecule has 0 fully saturated rings. The predicted molar refractivity (Wildman–Crippen MR) is 131 cm³/mol. The standard InChI is InChI=1S/C25H21BrF2N6O/c26-19-4-1-17(2-5-19)11-30-21-7-3-18-12-33(32-24(18)10-21)13-25(35,14-34-16-29-15-31-34)22-8-6-20(27)9-23(22)28/h1-10,12,15-16,30,35H,11,13-14H2. The number of hydrogen-bond donors (Lipinski definition) is 2. The Labute approximate surface area is 208 Å². The first-order chi connectivity index (χ1) is 16.9. The Morgan fingerprint density at radius 1 is 0.971 bits per heavy atom. The van der Waals surface area contributed by atoms with Crippen LogP contribution in [0.4, 0.5) is 14.5 Å². The summed E-state index contributed by atoms with van der Waals surface area (Å²) < 4.78 is 32.2. The zero-order valence-electron chi connectivity index (χ0n) is 18.4. The van der Waals surface area contributed by atoms with Gasteiger partial charge in [0, 0.05) is 39.9 Å². The Morgan fingerprint density at radius 3 is 2.51 bits per heavy atom. The van der Waals surface area contributed by atoms with E-state index in [-0.39, 0.29) is 18.7 Å². The number of halogens is 3. The third-order valence-electron chi connectivity index (χ3n) is 5.71. The van der Waals surface area contributed by atoms with E-state index in [2.05, 4.69) is 36.4 Å². The minimum absolute atomic E-state index is 0.0502. The lowest BCUT2D eigenvalue weighted by atomic mass is 9.93. The van der Waals surface area contributed by atoms with Crippen LogP contribution < -0.4 is 5.32 Å². The van der Waals surface area contributed by atoms with Gasteiger partial charge in [-0.15, -0.1) is 0 Å². The van der Waals surface area contributed by atoms with Gasteiger partial charge in [-0.05, 0) is 42.0 Å². The van der Waals surface area contributed by atoms with Gasteiger partial charge in [-0.2, -0.15) is 10.2 Å². The molecule has 0 aliphatic rings. The SMILES string of the molecule is OC(Cn1cncn1)(Cn1cc2ccc(NCc3ccc(Br)cc3)cc2n1)c1ccc(F)cc1F. The van der Waals surface area contributed by atoms with Crippen molar-refractivity contribution in [3.05, 3.63) is 107 Å². The summed E-state index contributed by atoms with van der Waals surface area (Å²) in [5, 5.41) is 24.4. The molecule has 2 aromatic heterocycles. The third kappa shape index (κ3) is 5.23. The van der Waals surface area contributed by atoms with Gasteiger partial charge in [0.15, 0.2) is 0 Å². The van der Waals surface area contributed by atoms with Crippen LogP contribution in [0.5, 0.6) is 0 Å². The van der Waals surface area contributed by atoms with Crippen molar-refractivity contribution in [2.75, 3.05) is 5.32 Å². The molecule has 2 heterocycles. The molecule has 7 nitrogen and oxygen atoms in total. The molecule has 0 spiro atoms. The highest BCUT2D eigenvalue weighted by Crippen LogP contribution is 2.29. The number of aliphatic hydroxyl groups is 1. The number of nitrogens with one attached hydrogen (secondary N) is 1. The molecule has 0 saturated carbocycles. The second kappa shape index (κ2) is 9.55. The molecule has 3 aromatic carbocycles. The van der Waals surface area contributed by atoms with Gasteiger partial charge in [-0.3, -0.25) is 4.68 Å². The molecule has 0 aliphatic heterocycles. The first kappa shape index (κ1) is 23.1. The van der Waals surface area contributed by atoms with E-state index >= 15 is 0 Å². The first-order valence-electron chi connectivity index (χ1n) is 10.8. The second-order valence-corrected chi connectivity index (χ2v) is 9.24. The molecule has 35 heavy (non-hydrogen) atoms. The van der Waals surface area contributed by atoms with Crippen LogP contribution in [0.15, 0.2) is 84.0 Å². The summed E-state index contributed by atoms with van der Waals surface area (Å²) in [7, 11) is 0. The van der Waals surface area contributed by atoms with E-state index in [0.717, 1.165) is 33.2 Å². The van der Waals surface area contributed by atoms with Crippen molar-refractivity contribution in [3.8, 4) is 0 Å². The van der Waals surface area contributed by atoms with Crippen LogP contribution in [0, 0.1) is 11.6 Å². The third-order valence-corrected chi connectivity index (χ3v) is 6.24. The molecule has 2 N–H and O–H groups in total. The quantitative estimate of drug-likeness (QED) is 0.294. The maximum atomic E-state index is 14.7. The molecule has 1 unspecified atom stereocenters. The second-order valence-electron chi connectivity index (χ2n) is 8.33. The van der Waals surface area contributed by atoms with Crippen molar-refractivity contribution in [2.24, 2.45) is 0 Å². The Morgan fingerprint density at radius 2 is 1.77 bits per heavy atom. The lowest BCUT2D eigenvalue weighted by Crippen LogP contribution is -2.37. The Bertz CT molecular complexity index is 1460. The van der Waals surface area contributed by atoms with E-state index in [9.17, 15) is 13.9 Å². The van der Waals surface area contributed by atoms with Crippen molar-refractivity contribution in [1.29, 1.82) is 0 Å². The Kier molecular flexibility index (Phi) is 6.31. The average molecular weight is 539 g/mol. The number of anilines is 1. The van der Waals surface area contributed by atoms with Gasteiger partial charge in [0.25, 0.3) is 0 Å². The van der Waals surface area contributed by atoms with Gasteiger partial charge in [0.1, 0.15) is 29.9 Å².